The van der Waals surface area contributed by atoms with Crippen molar-refractivity contribution in [3.05, 3.63) is 24.2 Å². The van der Waals surface area contributed by atoms with Gasteiger partial charge in [-0.2, -0.15) is 13.2 Å². The first kappa shape index (κ1) is 9.74. The number of esters is 1. The van der Waals surface area contributed by atoms with Gasteiger partial charge in [0.05, 0.1) is 0 Å². The van der Waals surface area contributed by atoms with Gasteiger partial charge in [0, 0.05) is 5.57 Å². The van der Waals surface area contributed by atoms with Crippen molar-refractivity contribution >= 4 is 5.97 Å². The molecule has 0 aliphatic carbocycles. The molecule has 0 bridgehead atoms. The molecule has 0 aromatic heterocycles. The van der Waals surface area contributed by atoms with E-state index in [-0.39, 0.29) is 5.57 Å². The number of carbonyl (C=O) groups excluding carboxylic acids is 1. The molecule has 0 atom stereocenters. The van der Waals surface area contributed by atoms with E-state index >= 15 is 0 Å². The van der Waals surface area contributed by atoms with E-state index in [1.807, 2.05) is 0 Å². The fourth-order valence-electron chi connectivity index (χ4n) is 0.207. The van der Waals surface area contributed by atoms with E-state index in [4.69, 9.17) is 0 Å². The lowest BCUT2D eigenvalue weighted by Gasteiger charge is -1.97. The SMILES string of the molecule is C=C(C)C(=O)OC(F)=C(F)F. The van der Waals surface area contributed by atoms with Gasteiger partial charge in [0.1, 0.15) is 0 Å². The van der Waals surface area contributed by atoms with Crippen LogP contribution in [0.4, 0.5) is 13.2 Å². The summed E-state index contributed by atoms with van der Waals surface area (Å²) in [7, 11) is 0. The Balaban J connectivity index is 4.18. The van der Waals surface area contributed by atoms with Crippen LogP contribution in [0.3, 0.4) is 0 Å². The van der Waals surface area contributed by atoms with Gasteiger partial charge < -0.3 is 4.74 Å². The third-order valence-corrected chi connectivity index (χ3v) is 0.679. The van der Waals surface area contributed by atoms with Gasteiger partial charge in [0.15, 0.2) is 0 Å². The molecule has 62 valence electrons. The lowest BCUT2D eigenvalue weighted by atomic mass is 10.4. The highest BCUT2D eigenvalue weighted by molar-refractivity contribution is 5.87. The molecule has 0 aliphatic heterocycles. The quantitative estimate of drug-likeness (QED) is 0.357. The second-order valence-electron chi connectivity index (χ2n) is 1.70. The Hall–Kier alpha value is -1.26. The van der Waals surface area contributed by atoms with Crippen LogP contribution in [0.1, 0.15) is 6.92 Å². The Morgan fingerprint density at radius 1 is 1.36 bits per heavy atom. The van der Waals surface area contributed by atoms with Gasteiger partial charge in [-0.1, -0.05) is 6.58 Å². The number of hydrogen-bond donors (Lipinski definition) is 0. The number of halogens is 3. The Bertz CT molecular complexity index is 216. The predicted octanol–water partition coefficient (Wildman–Crippen LogP) is 2.14. The molecule has 11 heavy (non-hydrogen) atoms. The molecule has 0 saturated carbocycles. The van der Waals surface area contributed by atoms with Crippen LogP contribution >= 0.6 is 0 Å². The topological polar surface area (TPSA) is 26.3 Å². The van der Waals surface area contributed by atoms with Crippen LogP contribution in [0, 0.1) is 0 Å². The van der Waals surface area contributed by atoms with E-state index < -0.39 is 18.1 Å². The van der Waals surface area contributed by atoms with E-state index in [1.165, 1.54) is 6.92 Å². The summed E-state index contributed by atoms with van der Waals surface area (Å²) >= 11 is 0. The van der Waals surface area contributed by atoms with Gasteiger partial charge in [0.2, 0.25) is 0 Å². The number of hydrogen-bond acceptors (Lipinski definition) is 2. The van der Waals surface area contributed by atoms with Crippen molar-refractivity contribution in [2.45, 2.75) is 6.92 Å². The van der Waals surface area contributed by atoms with Crippen LogP contribution in [-0.4, -0.2) is 5.97 Å². The first-order chi connectivity index (χ1) is 4.95. The lowest BCUT2D eigenvalue weighted by molar-refractivity contribution is -0.137. The first-order valence-electron chi connectivity index (χ1n) is 2.53. The monoisotopic (exact) mass is 166 g/mol. The lowest BCUT2D eigenvalue weighted by Crippen LogP contribution is -2.02. The van der Waals surface area contributed by atoms with Crippen LogP contribution in [0.15, 0.2) is 24.2 Å². The van der Waals surface area contributed by atoms with Crippen LogP contribution in [0.25, 0.3) is 0 Å². The minimum absolute atomic E-state index is 0.151. The zero-order valence-corrected chi connectivity index (χ0v) is 5.66. The molecule has 0 radical (unpaired) electrons. The summed E-state index contributed by atoms with van der Waals surface area (Å²) in [5, 5.41) is 0. The summed E-state index contributed by atoms with van der Waals surface area (Å²) in [5.41, 5.74) is -0.151. The molecule has 0 N–H and O–H groups in total. The van der Waals surface area contributed by atoms with Gasteiger partial charge in [-0.3, -0.25) is 0 Å². The van der Waals surface area contributed by atoms with Crippen molar-refractivity contribution in [2.75, 3.05) is 0 Å². The number of rotatable bonds is 2. The molecule has 0 aliphatic rings. The molecule has 0 unspecified atom stereocenters. The Morgan fingerprint density at radius 2 is 1.82 bits per heavy atom. The van der Waals surface area contributed by atoms with Crippen molar-refractivity contribution in [1.82, 2.24) is 0 Å². The summed E-state index contributed by atoms with van der Waals surface area (Å²) in [6.45, 7) is 4.27. The van der Waals surface area contributed by atoms with E-state index in [0.29, 0.717) is 0 Å². The molecule has 0 amide bonds. The zero-order valence-electron chi connectivity index (χ0n) is 5.66. The van der Waals surface area contributed by atoms with Gasteiger partial charge >= 0.3 is 18.1 Å². The standard InChI is InChI=1S/C6H5F3O2/c1-3(2)6(10)11-5(9)4(7)8/h1H2,2H3. The van der Waals surface area contributed by atoms with E-state index in [2.05, 4.69) is 11.3 Å². The van der Waals surface area contributed by atoms with Crippen LogP contribution in [0.5, 0.6) is 0 Å². The molecule has 0 fully saturated rings. The first-order valence-corrected chi connectivity index (χ1v) is 2.53. The summed E-state index contributed by atoms with van der Waals surface area (Å²) in [6, 6.07) is -2.18. The Labute approximate surface area is 61.0 Å². The minimum atomic E-state index is -2.67. The summed E-state index contributed by atoms with van der Waals surface area (Å²) in [4.78, 5) is 10.3. The molecule has 0 spiro atoms. The number of carbonyl (C=O) groups is 1. The van der Waals surface area contributed by atoms with Crippen molar-refractivity contribution in [1.29, 1.82) is 0 Å². The average Bonchev–Trinajstić information content (AvgIpc) is 1.87. The maximum atomic E-state index is 11.8. The maximum Gasteiger partial charge on any atom is 0.347 e. The molecule has 0 rings (SSSR count). The van der Waals surface area contributed by atoms with Crippen molar-refractivity contribution in [2.24, 2.45) is 0 Å². The summed E-state index contributed by atoms with van der Waals surface area (Å²) in [5.74, 6) is -1.21. The highest BCUT2D eigenvalue weighted by atomic mass is 19.3. The molecule has 0 aromatic carbocycles. The fraction of sp³-hybridized carbons (Fsp3) is 0.167. The predicted molar refractivity (Wildman–Crippen MR) is 31.3 cm³/mol. The molecular weight excluding hydrogens is 161 g/mol. The van der Waals surface area contributed by atoms with E-state index in [0.717, 1.165) is 0 Å². The maximum absolute atomic E-state index is 11.8. The van der Waals surface area contributed by atoms with Crippen LogP contribution in [0.2, 0.25) is 0 Å². The number of ether oxygens (including phenoxy) is 1. The highest BCUT2D eigenvalue weighted by Crippen LogP contribution is 2.11. The highest BCUT2D eigenvalue weighted by Gasteiger charge is 2.12. The minimum Gasteiger partial charge on any atom is -0.391 e. The van der Waals surface area contributed by atoms with Gasteiger partial charge in [0.25, 0.3) is 0 Å². The summed E-state index contributed by atoms with van der Waals surface area (Å²) < 4.78 is 37.8. The normalized spacial score (nSPS) is 8.73. The Morgan fingerprint density at radius 3 is 2.09 bits per heavy atom. The van der Waals surface area contributed by atoms with Gasteiger partial charge in [-0.25, -0.2) is 4.79 Å². The summed E-state index contributed by atoms with van der Waals surface area (Å²) in [6.07, 6.45) is -2.67. The van der Waals surface area contributed by atoms with Crippen LogP contribution in [-0.2, 0) is 9.53 Å². The van der Waals surface area contributed by atoms with E-state index in [1.54, 1.807) is 0 Å². The van der Waals surface area contributed by atoms with Crippen molar-refractivity contribution in [3.63, 3.8) is 0 Å². The third kappa shape index (κ3) is 3.44. The fourth-order valence-corrected chi connectivity index (χ4v) is 0.207. The third-order valence-electron chi connectivity index (χ3n) is 0.679. The van der Waals surface area contributed by atoms with Crippen molar-refractivity contribution in [3.8, 4) is 0 Å². The second-order valence-corrected chi connectivity index (χ2v) is 1.70. The smallest absolute Gasteiger partial charge is 0.347 e. The van der Waals surface area contributed by atoms with Crippen molar-refractivity contribution < 1.29 is 22.7 Å². The van der Waals surface area contributed by atoms with Crippen LogP contribution < -0.4 is 0 Å². The molecule has 2 nitrogen and oxygen atoms in total. The molecule has 5 heteroatoms. The largest absolute Gasteiger partial charge is 0.391 e. The van der Waals surface area contributed by atoms with Gasteiger partial charge in [-0.15, -0.1) is 0 Å². The average molecular weight is 166 g/mol. The zero-order chi connectivity index (χ0) is 9.02. The van der Waals surface area contributed by atoms with E-state index in [9.17, 15) is 18.0 Å². The molecular formula is C6H5F3O2. The molecule has 0 heterocycles. The molecule has 0 saturated heterocycles. The Kier molecular flexibility index (Phi) is 3.36. The van der Waals surface area contributed by atoms with Gasteiger partial charge in [-0.05, 0) is 6.92 Å². The second kappa shape index (κ2) is 3.80. The molecule has 0 aromatic rings.